The highest BCUT2D eigenvalue weighted by Crippen LogP contribution is 2.30. The standard InChI is InChI=1S/C10H20N2O2/c1-10(2,3)12-5-4-7(6-11)8(12)9(13)14/h7-8H,4-6,11H2,1-3H3,(H,13,14)/t7-,8?/m0/s1. The molecule has 1 fully saturated rings. The Bertz CT molecular complexity index is 223. The van der Waals surface area contributed by atoms with E-state index in [-0.39, 0.29) is 11.5 Å². The summed E-state index contributed by atoms with van der Waals surface area (Å²) in [6.07, 6.45) is 0.894. The smallest absolute Gasteiger partial charge is 0.321 e. The number of hydrogen-bond acceptors (Lipinski definition) is 3. The minimum absolute atomic E-state index is 0.0903. The molecular formula is C10H20N2O2. The zero-order valence-electron chi connectivity index (χ0n) is 9.16. The van der Waals surface area contributed by atoms with Crippen molar-refractivity contribution >= 4 is 5.97 Å². The van der Waals surface area contributed by atoms with Crippen LogP contribution in [0.15, 0.2) is 0 Å². The first-order valence-corrected chi connectivity index (χ1v) is 5.07. The van der Waals surface area contributed by atoms with Gasteiger partial charge in [-0.2, -0.15) is 0 Å². The van der Waals surface area contributed by atoms with Crippen molar-refractivity contribution < 1.29 is 9.90 Å². The minimum atomic E-state index is -0.743. The van der Waals surface area contributed by atoms with Crippen molar-refractivity contribution in [1.29, 1.82) is 0 Å². The normalized spacial score (nSPS) is 29.4. The van der Waals surface area contributed by atoms with Crippen molar-refractivity contribution in [2.24, 2.45) is 11.7 Å². The predicted octanol–water partition coefficient (Wildman–Crippen LogP) is 0.519. The second kappa shape index (κ2) is 3.87. The van der Waals surface area contributed by atoms with Crippen molar-refractivity contribution in [3.05, 3.63) is 0 Å². The van der Waals surface area contributed by atoms with Gasteiger partial charge in [0.05, 0.1) is 0 Å². The van der Waals surface area contributed by atoms with Gasteiger partial charge in [-0.15, -0.1) is 0 Å². The van der Waals surface area contributed by atoms with Crippen molar-refractivity contribution in [3.8, 4) is 0 Å². The number of carbonyl (C=O) groups is 1. The fraction of sp³-hybridized carbons (Fsp3) is 0.900. The van der Waals surface area contributed by atoms with Crippen molar-refractivity contribution in [2.45, 2.75) is 38.8 Å². The molecule has 1 heterocycles. The van der Waals surface area contributed by atoms with Gasteiger partial charge < -0.3 is 10.8 Å². The van der Waals surface area contributed by atoms with Gasteiger partial charge in [-0.25, -0.2) is 0 Å². The molecule has 14 heavy (non-hydrogen) atoms. The molecule has 1 aliphatic heterocycles. The first kappa shape index (κ1) is 11.5. The molecule has 1 aliphatic rings. The lowest BCUT2D eigenvalue weighted by molar-refractivity contribution is -0.145. The Balaban J connectivity index is 2.84. The van der Waals surface area contributed by atoms with Crippen LogP contribution in [-0.4, -0.2) is 40.6 Å². The van der Waals surface area contributed by atoms with Crippen molar-refractivity contribution in [1.82, 2.24) is 4.90 Å². The SMILES string of the molecule is CC(C)(C)N1CC[C@@H](CN)C1C(=O)O. The van der Waals surface area contributed by atoms with Crippen LogP contribution in [0.2, 0.25) is 0 Å². The first-order chi connectivity index (χ1) is 6.38. The largest absolute Gasteiger partial charge is 0.480 e. The Morgan fingerprint density at radius 1 is 1.57 bits per heavy atom. The summed E-state index contributed by atoms with van der Waals surface area (Å²) in [6, 6.07) is -0.403. The molecule has 0 aromatic carbocycles. The van der Waals surface area contributed by atoms with Gasteiger partial charge in [0.2, 0.25) is 0 Å². The molecule has 0 saturated carbocycles. The second-order valence-corrected chi connectivity index (χ2v) is 4.93. The average Bonchev–Trinajstić information content (AvgIpc) is 2.45. The van der Waals surface area contributed by atoms with Crippen LogP contribution in [0.1, 0.15) is 27.2 Å². The highest BCUT2D eigenvalue weighted by Gasteiger charge is 2.43. The van der Waals surface area contributed by atoms with E-state index >= 15 is 0 Å². The molecule has 0 aromatic rings. The molecule has 0 bridgehead atoms. The summed E-state index contributed by atoms with van der Waals surface area (Å²) in [4.78, 5) is 13.2. The van der Waals surface area contributed by atoms with Gasteiger partial charge in [-0.05, 0) is 46.2 Å². The van der Waals surface area contributed by atoms with Gasteiger partial charge in [-0.1, -0.05) is 0 Å². The zero-order valence-corrected chi connectivity index (χ0v) is 9.16. The molecule has 4 nitrogen and oxygen atoms in total. The molecule has 0 spiro atoms. The van der Waals surface area contributed by atoms with Crippen LogP contribution in [0.4, 0.5) is 0 Å². The number of rotatable bonds is 2. The van der Waals surface area contributed by atoms with E-state index in [0.29, 0.717) is 6.54 Å². The van der Waals surface area contributed by atoms with E-state index in [4.69, 9.17) is 10.8 Å². The second-order valence-electron chi connectivity index (χ2n) is 4.93. The predicted molar refractivity (Wildman–Crippen MR) is 55.0 cm³/mol. The molecule has 0 aliphatic carbocycles. The van der Waals surface area contributed by atoms with Crippen LogP contribution in [0, 0.1) is 5.92 Å². The molecule has 2 atom stereocenters. The number of carboxylic acids is 1. The molecule has 82 valence electrons. The van der Waals surface area contributed by atoms with E-state index < -0.39 is 12.0 Å². The summed E-state index contributed by atoms with van der Waals surface area (Å²) in [6.45, 7) is 7.43. The maximum absolute atomic E-state index is 11.1. The number of hydrogen-bond donors (Lipinski definition) is 2. The Morgan fingerprint density at radius 3 is 2.50 bits per heavy atom. The fourth-order valence-electron chi connectivity index (χ4n) is 2.19. The monoisotopic (exact) mass is 200 g/mol. The van der Waals surface area contributed by atoms with E-state index in [0.717, 1.165) is 13.0 Å². The summed E-state index contributed by atoms with van der Waals surface area (Å²) >= 11 is 0. The maximum Gasteiger partial charge on any atom is 0.321 e. The molecule has 0 amide bonds. The molecule has 0 radical (unpaired) electrons. The summed E-state index contributed by atoms with van der Waals surface area (Å²) < 4.78 is 0. The van der Waals surface area contributed by atoms with Crippen LogP contribution in [0.25, 0.3) is 0 Å². The molecule has 1 unspecified atom stereocenters. The maximum atomic E-state index is 11.1. The Hall–Kier alpha value is -0.610. The Morgan fingerprint density at radius 2 is 2.14 bits per heavy atom. The molecule has 1 saturated heterocycles. The summed E-state index contributed by atoms with van der Waals surface area (Å²) in [7, 11) is 0. The lowest BCUT2D eigenvalue weighted by Crippen LogP contribution is -2.50. The van der Waals surface area contributed by atoms with Gasteiger partial charge in [0.1, 0.15) is 6.04 Å². The summed E-state index contributed by atoms with van der Waals surface area (Å²) in [5.41, 5.74) is 5.49. The number of likely N-dealkylation sites (tertiary alicyclic amines) is 1. The van der Waals surface area contributed by atoms with E-state index in [2.05, 4.69) is 0 Å². The fourth-order valence-corrected chi connectivity index (χ4v) is 2.19. The van der Waals surface area contributed by atoms with Gasteiger partial charge in [0, 0.05) is 5.54 Å². The van der Waals surface area contributed by atoms with Gasteiger partial charge in [-0.3, -0.25) is 9.69 Å². The molecule has 1 rings (SSSR count). The van der Waals surface area contributed by atoms with Crippen LogP contribution >= 0.6 is 0 Å². The highest BCUT2D eigenvalue weighted by molar-refractivity contribution is 5.74. The lowest BCUT2D eigenvalue weighted by Gasteiger charge is -2.36. The van der Waals surface area contributed by atoms with Crippen molar-refractivity contribution in [3.63, 3.8) is 0 Å². The summed E-state index contributed by atoms with van der Waals surface area (Å²) in [5.74, 6) is -0.639. The van der Waals surface area contributed by atoms with E-state index in [1.54, 1.807) is 0 Å². The Kier molecular flexibility index (Phi) is 3.17. The molecule has 0 aromatic heterocycles. The highest BCUT2D eigenvalue weighted by atomic mass is 16.4. The first-order valence-electron chi connectivity index (χ1n) is 5.07. The van der Waals surface area contributed by atoms with Gasteiger partial charge in [0.25, 0.3) is 0 Å². The zero-order chi connectivity index (χ0) is 10.9. The minimum Gasteiger partial charge on any atom is -0.480 e. The number of aliphatic carboxylic acids is 1. The molecular weight excluding hydrogens is 180 g/mol. The molecule has 4 heteroatoms. The van der Waals surface area contributed by atoms with E-state index in [1.165, 1.54) is 0 Å². The average molecular weight is 200 g/mol. The quantitative estimate of drug-likeness (QED) is 0.682. The van der Waals surface area contributed by atoms with Gasteiger partial charge in [0.15, 0.2) is 0 Å². The van der Waals surface area contributed by atoms with E-state index in [9.17, 15) is 4.79 Å². The summed E-state index contributed by atoms with van der Waals surface area (Å²) in [5, 5.41) is 9.15. The number of nitrogens with zero attached hydrogens (tertiary/aromatic N) is 1. The molecule has 3 N–H and O–H groups in total. The number of carboxylic acid groups (broad SMARTS) is 1. The number of nitrogens with two attached hydrogens (primary N) is 1. The van der Waals surface area contributed by atoms with Crippen LogP contribution in [0.3, 0.4) is 0 Å². The third-order valence-electron chi connectivity index (χ3n) is 2.94. The van der Waals surface area contributed by atoms with Crippen LogP contribution in [-0.2, 0) is 4.79 Å². The van der Waals surface area contributed by atoms with Crippen LogP contribution in [0.5, 0.6) is 0 Å². The topological polar surface area (TPSA) is 66.6 Å². The van der Waals surface area contributed by atoms with Gasteiger partial charge >= 0.3 is 5.97 Å². The van der Waals surface area contributed by atoms with Crippen LogP contribution < -0.4 is 5.73 Å². The van der Waals surface area contributed by atoms with Crippen molar-refractivity contribution in [2.75, 3.05) is 13.1 Å². The third-order valence-corrected chi connectivity index (χ3v) is 2.94. The van der Waals surface area contributed by atoms with E-state index in [1.807, 2.05) is 25.7 Å². The lowest BCUT2D eigenvalue weighted by atomic mass is 9.98. The Labute approximate surface area is 85.1 Å². The third kappa shape index (κ3) is 2.07.